The highest BCUT2D eigenvalue weighted by atomic mass is 16.6. The molecular formula is C13H15NO3. The van der Waals surface area contributed by atoms with Gasteiger partial charge in [-0.05, 0) is 17.6 Å². The number of hydrogen-bond acceptors (Lipinski definition) is 3. The molecule has 0 N–H and O–H groups in total. The quantitative estimate of drug-likeness (QED) is 0.697. The van der Waals surface area contributed by atoms with E-state index in [0.29, 0.717) is 19.6 Å². The lowest BCUT2D eigenvalue weighted by molar-refractivity contribution is -0.127. The van der Waals surface area contributed by atoms with Crippen molar-refractivity contribution in [3.8, 4) is 0 Å². The van der Waals surface area contributed by atoms with E-state index in [1.54, 1.807) is 6.92 Å². The van der Waals surface area contributed by atoms with Crippen LogP contribution in [0, 0.1) is 0 Å². The molecule has 0 aromatic rings. The summed E-state index contributed by atoms with van der Waals surface area (Å²) in [5.74, 6) is -0.164. The lowest BCUT2D eigenvalue weighted by Crippen LogP contribution is -2.30. The van der Waals surface area contributed by atoms with Gasteiger partial charge in [-0.1, -0.05) is 31.2 Å². The third-order valence-corrected chi connectivity index (χ3v) is 2.80. The minimum atomic E-state index is -0.508. The fraction of sp³-hybridized carbons (Fsp3) is 0.385. The first kappa shape index (κ1) is 11.6. The van der Waals surface area contributed by atoms with E-state index in [2.05, 4.69) is 29.0 Å². The van der Waals surface area contributed by atoms with Gasteiger partial charge in [0.15, 0.2) is 0 Å². The second kappa shape index (κ2) is 4.99. The molecular weight excluding hydrogens is 218 g/mol. The van der Waals surface area contributed by atoms with Crippen molar-refractivity contribution in [3.63, 3.8) is 0 Å². The van der Waals surface area contributed by atoms with Crippen molar-refractivity contribution in [2.24, 2.45) is 0 Å². The van der Waals surface area contributed by atoms with E-state index in [1.165, 1.54) is 17.6 Å². The Morgan fingerprint density at radius 2 is 2.00 bits per heavy atom. The Morgan fingerprint density at radius 1 is 1.35 bits per heavy atom. The molecule has 1 saturated heterocycles. The molecule has 4 heteroatoms. The number of amides is 2. The standard InChI is InChI=1S/C7H6.C6H9NO3/c1-2-7-4-3-6(1)5-7;1-2-5(8)7-3-4-10-6(7)9/h1-4H,5H2;2-4H2,1H3. The predicted molar refractivity (Wildman–Crippen MR) is 63.3 cm³/mol. The summed E-state index contributed by atoms with van der Waals surface area (Å²) < 4.78 is 4.55. The third-order valence-electron chi connectivity index (χ3n) is 2.80. The van der Waals surface area contributed by atoms with Gasteiger partial charge in [0.05, 0.1) is 6.54 Å². The van der Waals surface area contributed by atoms with Gasteiger partial charge in [0.25, 0.3) is 0 Å². The number of cyclic esters (lactones) is 1. The van der Waals surface area contributed by atoms with E-state index in [1.807, 2.05) is 0 Å². The van der Waals surface area contributed by atoms with Crippen LogP contribution in [0.25, 0.3) is 0 Å². The Labute approximate surface area is 100 Å². The summed E-state index contributed by atoms with van der Waals surface area (Å²) in [7, 11) is 0. The molecule has 0 atom stereocenters. The van der Waals surface area contributed by atoms with E-state index >= 15 is 0 Å². The largest absolute Gasteiger partial charge is 0.447 e. The van der Waals surface area contributed by atoms with E-state index in [4.69, 9.17) is 0 Å². The average Bonchev–Trinajstić information content (AvgIpc) is 3.05. The normalized spacial score (nSPS) is 19.6. The number of carbonyl (C=O) groups is 2. The molecule has 0 aromatic heterocycles. The molecule has 3 aliphatic rings. The number of hydrogen-bond donors (Lipinski definition) is 0. The maximum atomic E-state index is 10.8. The Kier molecular flexibility index (Phi) is 3.42. The van der Waals surface area contributed by atoms with Crippen molar-refractivity contribution in [2.75, 3.05) is 13.2 Å². The SMILES string of the molecule is C1=CC2=CC=C1C2.CCC(=O)N1CCOC1=O. The summed E-state index contributed by atoms with van der Waals surface area (Å²) in [6, 6.07) is 0. The van der Waals surface area contributed by atoms with Gasteiger partial charge in [0, 0.05) is 6.42 Å². The zero-order chi connectivity index (χ0) is 12.3. The smallest absolute Gasteiger partial charge is 0.416 e. The molecule has 1 fully saturated rings. The van der Waals surface area contributed by atoms with Crippen LogP contribution in [0.5, 0.6) is 0 Å². The molecule has 0 unspecified atom stereocenters. The van der Waals surface area contributed by atoms with Crippen LogP contribution in [0.4, 0.5) is 4.79 Å². The van der Waals surface area contributed by atoms with Crippen LogP contribution in [0.3, 0.4) is 0 Å². The molecule has 3 rings (SSSR count). The second-order valence-electron chi connectivity index (χ2n) is 4.01. The third kappa shape index (κ3) is 2.64. The number of carbonyl (C=O) groups excluding carboxylic acids is 2. The zero-order valence-corrected chi connectivity index (χ0v) is 9.81. The number of ether oxygens (including phenoxy) is 1. The Morgan fingerprint density at radius 3 is 2.29 bits per heavy atom. The summed E-state index contributed by atoms with van der Waals surface area (Å²) in [4.78, 5) is 22.6. The molecule has 0 aromatic carbocycles. The van der Waals surface area contributed by atoms with Crippen LogP contribution in [0.1, 0.15) is 19.8 Å². The highest BCUT2D eigenvalue weighted by Crippen LogP contribution is 2.27. The summed E-state index contributed by atoms with van der Waals surface area (Å²) in [6.07, 6.45) is 9.75. The fourth-order valence-corrected chi connectivity index (χ4v) is 1.82. The molecule has 0 spiro atoms. The molecule has 2 bridgehead atoms. The Hall–Kier alpha value is -1.84. The van der Waals surface area contributed by atoms with Gasteiger partial charge in [0.2, 0.25) is 5.91 Å². The highest BCUT2D eigenvalue weighted by molar-refractivity contribution is 5.92. The maximum Gasteiger partial charge on any atom is 0.416 e. The van der Waals surface area contributed by atoms with Crippen LogP contribution < -0.4 is 0 Å². The average molecular weight is 233 g/mol. The lowest BCUT2D eigenvalue weighted by Gasteiger charge is -2.07. The fourth-order valence-electron chi connectivity index (χ4n) is 1.82. The summed E-state index contributed by atoms with van der Waals surface area (Å²) in [5, 5.41) is 0. The van der Waals surface area contributed by atoms with E-state index in [9.17, 15) is 9.59 Å². The summed E-state index contributed by atoms with van der Waals surface area (Å²) in [5.41, 5.74) is 2.94. The first-order chi connectivity index (χ1) is 8.20. The van der Waals surface area contributed by atoms with Crippen molar-refractivity contribution in [1.29, 1.82) is 0 Å². The summed E-state index contributed by atoms with van der Waals surface area (Å²) in [6.45, 7) is 2.46. The van der Waals surface area contributed by atoms with Gasteiger partial charge < -0.3 is 4.74 Å². The molecule has 2 amide bonds. The number of fused-ring (bicyclic) bond motifs is 2. The monoisotopic (exact) mass is 233 g/mol. The molecule has 17 heavy (non-hydrogen) atoms. The van der Waals surface area contributed by atoms with E-state index in [-0.39, 0.29) is 5.91 Å². The van der Waals surface area contributed by atoms with Gasteiger partial charge in [-0.15, -0.1) is 0 Å². The lowest BCUT2D eigenvalue weighted by atomic mass is 10.3. The molecule has 1 aliphatic heterocycles. The van der Waals surface area contributed by atoms with Crippen molar-refractivity contribution < 1.29 is 14.3 Å². The van der Waals surface area contributed by atoms with Crippen molar-refractivity contribution >= 4 is 12.0 Å². The van der Waals surface area contributed by atoms with Gasteiger partial charge in [0.1, 0.15) is 6.61 Å². The van der Waals surface area contributed by atoms with Gasteiger partial charge in [-0.3, -0.25) is 4.79 Å². The number of rotatable bonds is 1. The van der Waals surface area contributed by atoms with Crippen LogP contribution in [-0.4, -0.2) is 30.1 Å². The topological polar surface area (TPSA) is 46.6 Å². The van der Waals surface area contributed by atoms with Gasteiger partial charge in [-0.25, -0.2) is 9.69 Å². The number of nitrogens with zero attached hydrogens (tertiary/aromatic N) is 1. The molecule has 90 valence electrons. The molecule has 0 radical (unpaired) electrons. The van der Waals surface area contributed by atoms with Crippen LogP contribution in [0.15, 0.2) is 35.5 Å². The second-order valence-corrected chi connectivity index (χ2v) is 4.01. The molecule has 0 saturated carbocycles. The summed E-state index contributed by atoms with van der Waals surface area (Å²) >= 11 is 0. The van der Waals surface area contributed by atoms with Crippen LogP contribution in [-0.2, 0) is 9.53 Å². The van der Waals surface area contributed by atoms with Crippen molar-refractivity contribution in [3.05, 3.63) is 35.5 Å². The maximum absolute atomic E-state index is 10.8. The predicted octanol–water partition coefficient (Wildman–Crippen LogP) is 2.19. The first-order valence-electron chi connectivity index (χ1n) is 5.75. The van der Waals surface area contributed by atoms with Crippen LogP contribution >= 0.6 is 0 Å². The number of allylic oxidation sites excluding steroid dienone is 6. The van der Waals surface area contributed by atoms with Crippen molar-refractivity contribution in [2.45, 2.75) is 19.8 Å². The van der Waals surface area contributed by atoms with Crippen molar-refractivity contribution in [1.82, 2.24) is 4.90 Å². The van der Waals surface area contributed by atoms with Gasteiger partial charge in [-0.2, -0.15) is 0 Å². The minimum absolute atomic E-state index is 0.164. The number of imide groups is 1. The van der Waals surface area contributed by atoms with Gasteiger partial charge >= 0.3 is 6.09 Å². The Balaban J connectivity index is 0.000000134. The Bertz CT molecular complexity index is 412. The zero-order valence-electron chi connectivity index (χ0n) is 9.81. The van der Waals surface area contributed by atoms with E-state index < -0.39 is 6.09 Å². The molecule has 2 aliphatic carbocycles. The molecule has 1 heterocycles. The molecule has 4 nitrogen and oxygen atoms in total. The first-order valence-corrected chi connectivity index (χ1v) is 5.75. The van der Waals surface area contributed by atoms with Crippen LogP contribution in [0.2, 0.25) is 0 Å². The highest BCUT2D eigenvalue weighted by Gasteiger charge is 2.26. The minimum Gasteiger partial charge on any atom is -0.447 e. The van der Waals surface area contributed by atoms with E-state index in [0.717, 1.165) is 4.90 Å².